The molecule has 0 radical (unpaired) electrons. The molecule has 0 atom stereocenters. The average molecular weight is 411 g/mol. The van der Waals surface area contributed by atoms with Gasteiger partial charge in [-0.05, 0) is 37.6 Å². The maximum absolute atomic E-state index is 12.6. The van der Waals surface area contributed by atoms with Crippen molar-refractivity contribution in [1.29, 1.82) is 0 Å². The van der Waals surface area contributed by atoms with Crippen molar-refractivity contribution in [1.82, 2.24) is 9.78 Å². The van der Waals surface area contributed by atoms with E-state index in [4.69, 9.17) is 4.74 Å². The third-order valence-electron chi connectivity index (χ3n) is 4.78. The molecule has 1 aliphatic heterocycles. The summed E-state index contributed by atoms with van der Waals surface area (Å²) < 4.78 is 31.3. The lowest BCUT2D eigenvalue weighted by atomic mass is 10.2. The number of para-hydroxylation sites is 1. The van der Waals surface area contributed by atoms with Gasteiger partial charge >= 0.3 is 0 Å². The van der Waals surface area contributed by atoms with Crippen LogP contribution in [-0.2, 0) is 26.1 Å². The lowest BCUT2D eigenvalue weighted by molar-refractivity contribution is -0.118. The molecule has 0 saturated carbocycles. The van der Waals surface area contributed by atoms with Crippen LogP contribution in [0.3, 0.4) is 0 Å². The number of carbonyl (C=O) groups excluding carboxylic acids is 1. The molecule has 0 saturated heterocycles. The maximum atomic E-state index is 12.6. The Balaban J connectivity index is 1.61. The van der Waals surface area contributed by atoms with Gasteiger partial charge < -0.3 is 10.1 Å². The molecule has 8 heteroatoms. The fourth-order valence-corrected chi connectivity index (χ4v) is 4.77. The second-order valence-electron chi connectivity index (χ2n) is 7.16. The summed E-state index contributed by atoms with van der Waals surface area (Å²) in [6, 6.07) is 15.1. The number of sulfone groups is 1. The smallest absolute Gasteiger partial charge is 0.263 e. The lowest BCUT2D eigenvalue weighted by Crippen LogP contribution is -2.23. The molecule has 3 aromatic rings. The van der Waals surface area contributed by atoms with Gasteiger partial charge in [-0.25, -0.2) is 13.1 Å². The van der Waals surface area contributed by atoms with Crippen molar-refractivity contribution in [2.24, 2.45) is 0 Å². The minimum atomic E-state index is -3.25. The predicted molar refractivity (Wildman–Crippen MR) is 110 cm³/mol. The fraction of sp³-hybridized carbons (Fsp3) is 0.238. The molecule has 0 unspecified atom stereocenters. The molecule has 1 amide bonds. The van der Waals surface area contributed by atoms with E-state index in [0.29, 0.717) is 22.8 Å². The Morgan fingerprint density at radius 2 is 1.83 bits per heavy atom. The normalized spacial score (nSPS) is 14.4. The van der Waals surface area contributed by atoms with Crippen LogP contribution >= 0.6 is 0 Å². The van der Waals surface area contributed by atoms with Gasteiger partial charge in [0.15, 0.2) is 16.4 Å². The van der Waals surface area contributed by atoms with E-state index < -0.39 is 9.84 Å². The third kappa shape index (κ3) is 4.02. The molecular weight excluding hydrogens is 390 g/mol. The SMILES string of the molecule is Cc1ccc(-n2nc3c(c2NC(=O)COc2ccccc2C)CS(=O)(=O)C3)cc1. The molecule has 1 N–H and O–H groups in total. The molecule has 0 aliphatic carbocycles. The van der Waals surface area contributed by atoms with Gasteiger partial charge in [-0.2, -0.15) is 5.10 Å². The van der Waals surface area contributed by atoms with Crippen molar-refractivity contribution in [2.75, 3.05) is 11.9 Å². The molecule has 2 aromatic carbocycles. The summed E-state index contributed by atoms with van der Waals surface area (Å²) in [7, 11) is -3.25. The summed E-state index contributed by atoms with van der Waals surface area (Å²) in [5.74, 6) is 0.367. The lowest BCUT2D eigenvalue weighted by Gasteiger charge is -2.12. The van der Waals surface area contributed by atoms with Gasteiger partial charge in [0, 0.05) is 5.56 Å². The number of nitrogens with zero attached hydrogens (tertiary/aromatic N) is 2. The molecule has 0 bridgehead atoms. The number of aromatic nitrogens is 2. The molecule has 0 fully saturated rings. The highest BCUT2D eigenvalue weighted by Crippen LogP contribution is 2.33. The number of ether oxygens (including phenoxy) is 1. The molecule has 150 valence electrons. The van der Waals surface area contributed by atoms with Gasteiger partial charge in [0.1, 0.15) is 11.6 Å². The quantitative estimate of drug-likeness (QED) is 0.697. The standard InChI is InChI=1S/C21H21N3O4S/c1-14-7-9-16(10-8-14)24-21(17-12-29(26,27)13-18(17)23-24)22-20(25)11-28-19-6-4-3-5-15(19)2/h3-10H,11-13H2,1-2H3,(H,22,25). The first-order valence-electron chi connectivity index (χ1n) is 9.19. The monoisotopic (exact) mass is 411 g/mol. The minimum absolute atomic E-state index is 0.121. The van der Waals surface area contributed by atoms with Crippen LogP contribution < -0.4 is 10.1 Å². The highest BCUT2D eigenvalue weighted by Gasteiger charge is 2.33. The number of amides is 1. The van der Waals surface area contributed by atoms with Crippen LogP contribution in [0.4, 0.5) is 5.82 Å². The topological polar surface area (TPSA) is 90.3 Å². The fourth-order valence-electron chi connectivity index (χ4n) is 3.27. The predicted octanol–water partition coefficient (Wildman–Crippen LogP) is 2.94. The van der Waals surface area contributed by atoms with E-state index in [-0.39, 0.29) is 24.0 Å². The van der Waals surface area contributed by atoms with E-state index in [1.165, 1.54) is 0 Å². The molecule has 1 aliphatic rings. The summed E-state index contributed by atoms with van der Waals surface area (Å²) in [5, 5.41) is 7.26. The van der Waals surface area contributed by atoms with Gasteiger partial charge in [0.25, 0.3) is 5.91 Å². The highest BCUT2D eigenvalue weighted by molar-refractivity contribution is 7.90. The van der Waals surface area contributed by atoms with Crippen molar-refractivity contribution in [3.8, 4) is 11.4 Å². The third-order valence-corrected chi connectivity index (χ3v) is 6.22. The first kappa shape index (κ1) is 19.2. The van der Waals surface area contributed by atoms with Gasteiger partial charge in [0.2, 0.25) is 0 Å². The van der Waals surface area contributed by atoms with Crippen molar-refractivity contribution in [2.45, 2.75) is 25.4 Å². The highest BCUT2D eigenvalue weighted by atomic mass is 32.2. The zero-order valence-electron chi connectivity index (χ0n) is 16.2. The van der Waals surface area contributed by atoms with Crippen molar-refractivity contribution >= 4 is 21.6 Å². The van der Waals surface area contributed by atoms with E-state index in [0.717, 1.165) is 16.8 Å². The number of carbonyl (C=O) groups is 1. The zero-order chi connectivity index (χ0) is 20.6. The number of aryl methyl sites for hydroxylation is 2. The second-order valence-corrected chi connectivity index (χ2v) is 9.22. The number of fused-ring (bicyclic) bond motifs is 1. The molecule has 0 spiro atoms. The van der Waals surface area contributed by atoms with Crippen LogP contribution in [0.2, 0.25) is 0 Å². The molecule has 4 rings (SSSR count). The van der Waals surface area contributed by atoms with Gasteiger partial charge in [-0.15, -0.1) is 0 Å². The Hall–Kier alpha value is -3.13. The Labute approximate surface area is 169 Å². The molecule has 29 heavy (non-hydrogen) atoms. The van der Waals surface area contributed by atoms with Crippen LogP contribution in [0.5, 0.6) is 5.75 Å². The van der Waals surface area contributed by atoms with Gasteiger partial charge in [0.05, 0.1) is 22.9 Å². The second kappa shape index (κ2) is 7.36. The van der Waals surface area contributed by atoms with Crippen LogP contribution in [0.15, 0.2) is 48.5 Å². The Morgan fingerprint density at radius 1 is 1.10 bits per heavy atom. The Morgan fingerprint density at radius 3 is 2.55 bits per heavy atom. The van der Waals surface area contributed by atoms with Gasteiger partial charge in [-0.1, -0.05) is 35.9 Å². The van der Waals surface area contributed by atoms with E-state index in [1.54, 1.807) is 10.7 Å². The van der Waals surface area contributed by atoms with Crippen molar-refractivity contribution in [3.63, 3.8) is 0 Å². The first-order chi connectivity index (χ1) is 13.8. The molecular formula is C21H21N3O4S. The largest absolute Gasteiger partial charge is 0.483 e. The van der Waals surface area contributed by atoms with E-state index in [9.17, 15) is 13.2 Å². The van der Waals surface area contributed by atoms with Crippen LogP contribution in [0, 0.1) is 13.8 Å². The zero-order valence-corrected chi connectivity index (χ0v) is 17.0. The number of hydrogen-bond donors (Lipinski definition) is 1. The average Bonchev–Trinajstić information content (AvgIpc) is 3.14. The Kier molecular flexibility index (Phi) is 4.87. The Bertz CT molecular complexity index is 1180. The molecule has 1 aromatic heterocycles. The number of nitrogens with one attached hydrogen (secondary N) is 1. The van der Waals surface area contributed by atoms with Crippen molar-refractivity contribution < 1.29 is 17.9 Å². The summed E-state index contributed by atoms with van der Waals surface area (Å²) in [5.41, 5.74) is 3.78. The number of hydrogen-bond acceptors (Lipinski definition) is 5. The van der Waals surface area contributed by atoms with E-state index in [2.05, 4.69) is 10.4 Å². The number of benzene rings is 2. The van der Waals surface area contributed by atoms with E-state index in [1.807, 2.05) is 56.3 Å². The van der Waals surface area contributed by atoms with Crippen molar-refractivity contribution in [3.05, 3.63) is 70.9 Å². The minimum Gasteiger partial charge on any atom is -0.483 e. The van der Waals surface area contributed by atoms with Crippen LogP contribution in [-0.4, -0.2) is 30.7 Å². The summed E-state index contributed by atoms with van der Waals surface area (Å²) in [6.07, 6.45) is 0. The van der Waals surface area contributed by atoms with Gasteiger partial charge in [-0.3, -0.25) is 4.79 Å². The molecule has 2 heterocycles. The van der Waals surface area contributed by atoms with E-state index >= 15 is 0 Å². The van der Waals surface area contributed by atoms with Crippen LogP contribution in [0.1, 0.15) is 22.4 Å². The van der Waals surface area contributed by atoms with Crippen LogP contribution in [0.25, 0.3) is 5.69 Å². The first-order valence-corrected chi connectivity index (χ1v) is 11.0. The number of anilines is 1. The molecule has 7 nitrogen and oxygen atoms in total. The summed E-state index contributed by atoms with van der Waals surface area (Å²) in [6.45, 7) is 3.69. The summed E-state index contributed by atoms with van der Waals surface area (Å²) >= 11 is 0. The maximum Gasteiger partial charge on any atom is 0.263 e. The summed E-state index contributed by atoms with van der Waals surface area (Å²) in [4.78, 5) is 12.6. The number of rotatable bonds is 5.